The topological polar surface area (TPSA) is 61.4 Å². The number of imidazole rings is 1. The maximum Gasteiger partial charge on any atom is 0.103 e. The van der Waals surface area contributed by atoms with E-state index in [1.807, 2.05) is 13.1 Å². The number of nitrogens with one attached hydrogen (secondary N) is 1. The Morgan fingerprint density at radius 3 is 2.89 bits per heavy atom. The van der Waals surface area contributed by atoms with E-state index in [1.165, 1.54) is 5.69 Å². The van der Waals surface area contributed by atoms with Gasteiger partial charge in [0.25, 0.3) is 0 Å². The number of aromatic nitrogens is 2. The maximum atomic E-state index is 9.60. The number of hydrogen-bond acceptors (Lipinski definition) is 4. The van der Waals surface area contributed by atoms with E-state index in [0.717, 1.165) is 44.7 Å². The van der Waals surface area contributed by atoms with Crippen LogP contribution in [0.2, 0.25) is 0 Å². The summed E-state index contributed by atoms with van der Waals surface area (Å²) >= 11 is 0. The van der Waals surface area contributed by atoms with E-state index in [-0.39, 0.29) is 11.7 Å². The molecule has 0 saturated carbocycles. The quantitative estimate of drug-likeness (QED) is 0.817. The first-order chi connectivity index (χ1) is 8.65. The number of aromatic amines is 1. The number of nitrogens with zero attached hydrogens (tertiary/aromatic N) is 2. The van der Waals surface area contributed by atoms with Gasteiger partial charge in [-0.05, 0) is 19.8 Å². The number of piperidine rings is 1. The van der Waals surface area contributed by atoms with E-state index < -0.39 is 0 Å². The predicted molar refractivity (Wildman–Crippen MR) is 67.1 cm³/mol. The Morgan fingerprint density at radius 1 is 1.56 bits per heavy atom. The molecule has 1 spiro atoms. The molecule has 100 valence electrons. The fraction of sp³-hybridized carbons (Fsp3) is 0.769. The summed E-state index contributed by atoms with van der Waals surface area (Å²) in [5.41, 5.74) is 1.13. The summed E-state index contributed by atoms with van der Waals surface area (Å²) in [5.74, 6) is 0.973. The van der Waals surface area contributed by atoms with Gasteiger partial charge in [0.15, 0.2) is 0 Å². The third-order valence-electron chi connectivity index (χ3n) is 4.11. The summed E-state index contributed by atoms with van der Waals surface area (Å²) in [5, 5.41) is 9.60. The Balaban J connectivity index is 1.54. The number of hydrogen-bond donors (Lipinski definition) is 2. The highest BCUT2D eigenvalue weighted by molar-refractivity contribution is 5.01. The summed E-state index contributed by atoms with van der Waals surface area (Å²) in [6.45, 7) is 5.48. The molecule has 1 atom stereocenters. The van der Waals surface area contributed by atoms with Crippen LogP contribution in [0, 0.1) is 6.92 Å². The molecule has 0 bridgehead atoms. The van der Waals surface area contributed by atoms with Gasteiger partial charge < -0.3 is 14.8 Å². The molecule has 2 fully saturated rings. The number of rotatable bonds is 2. The highest BCUT2D eigenvalue weighted by atomic mass is 16.5. The number of likely N-dealkylation sites (tertiary alicyclic amines) is 1. The number of H-pyrrole nitrogens is 1. The van der Waals surface area contributed by atoms with Crippen molar-refractivity contribution < 1.29 is 9.84 Å². The molecule has 2 N–H and O–H groups in total. The van der Waals surface area contributed by atoms with Crippen molar-refractivity contribution in [1.29, 1.82) is 0 Å². The lowest BCUT2D eigenvalue weighted by atomic mass is 9.88. The predicted octanol–water partition coefficient (Wildman–Crippen LogP) is 0.834. The van der Waals surface area contributed by atoms with Crippen LogP contribution in [0.4, 0.5) is 0 Å². The maximum absolute atomic E-state index is 9.60. The Morgan fingerprint density at radius 2 is 2.33 bits per heavy atom. The zero-order valence-corrected chi connectivity index (χ0v) is 10.9. The molecule has 3 heterocycles. The Kier molecular flexibility index (Phi) is 3.13. The lowest BCUT2D eigenvalue weighted by molar-refractivity contribution is -0.0458. The molecule has 18 heavy (non-hydrogen) atoms. The number of aryl methyl sites for hydroxylation is 1. The van der Waals surface area contributed by atoms with E-state index in [4.69, 9.17) is 4.74 Å². The smallest absolute Gasteiger partial charge is 0.103 e. The van der Waals surface area contributed by atoms with Gasteiger partial charge in [0.05, 0.1) is 18.3 Å². The second-order valence-corrected chi connectivity index (χ2v) is 5.62. The molecular weight excluding hydrogens is 230 g/mol. The van der Waals surface area contributed by atoms with Crippen LogP contribution in [0.15, 0.2) is 6.20 Å². The molecule has 0 unspecified atom stereocenters. The van der Waals surface area contributed by atoms with Crippen LogP contribution in [0.1, 0.15) is 30.8 Å². The second kappa shape index (κ2) is 4.64. The summed E-state index contributed by atoms with van der Waals surface area (Å²) in [6.07, 6.45) is 4.51. The molecule has 5 nitrogen and oxygen atoms in total. The van der Waals surface area contributed by atoms with E-state index in [0.29, 0.717) is 6.61 Å². The average Bonchev–Trinajstić information content (AvgIpc) is 2.90. The lowest BCUT2D eigenvalue weighted by Gasteiger charge is -2.38. The van der Waals surface area contributed by atoms with Gasteiger partial charge in [-0.2, -0.15) is 0 Å². The first-order valence-corrected chi connectivity index (χ1v) is 6.70. The van der Waals surface area contributed by atoms with Crippen molar-refractivity contribution in [2.45, 2.75) is 44.4 Å². The summed E-state index contributed by atoms with van der Waals surface area (Å²) in [4.78, 5) is 9.91. The van der Waals surface area contributed by atoms with Gasteiger partial charge in [0.2, 0.25) is 0 Å². The standard InChI is InChI=1S/C13H21N3O2/c1-10-14-7-11(15-10)8-16-4-2-13(3-5-16)6-12(17)9-18-13/h7,12,17H,2-6,8-9H2,1H3,(H,14,15)/t12-/m0/s1. The van der Waals surface area contributed by atoms with E-state index in [1.54, 1.807) is 0 Å². The molecule has 0 radical (unpaired) electrons. The van der Waals surface area contributed by atoms with Gasteiger partial charge >= 0.3 is 0 Å². The molecule has 0 aliphatic carbocycles. The first kappa shape index (κ1) is 12.1. The zero-order chi connectivity index (χ0) is 12.6. The van der Waals surface area contributed by atoms with Crippen LogP contribution in [0.5, 0.6) is 0 Å². The highest BCUT2D eigenvalue weighted by Crippen LogP contribution is 2.36. The Bertz CT molecular complexity index is 410. The monoisotopic (exact) mass is 251 g/mol. The largest absolute Gasteiger partial charge is 0.391 e. The number of aliphatic hydroxyl groups is 1. The summed E-state index contributed by atoms with van der Waals surface area (Å²) in [7, 11) is 0. The van der Waals surface area contributed by atoms with Gasteiger partial charge in [-0.15, -0.1) is 0 Å². The molecule has 2 aliphatic heterocycles. The van der Waals surface area contributed by atoms with Crippen molar-refractivity contribution in [3.63, 3.8) is 0 Å². The Labute approximate surface area is 107 Å². The average molecular weight is 251 g/mol. The first-order valence-electron chi connectivity index (χ1n) is 6.70. The van der Waals surface area contributed by atoms with Gasteiger partial charge in [0, 0.05) is 37.9 Å². The van der Waals surface area contributed by atoms with Gasteiger partial charge in [-0.3, -0.25) is 4.90 Å². The van der Waals surface area contributed by atoms with Gasteiger partial charge in [-0.1, -0.05) is 0 Å². The number of aliphatic hydroxyl groups excluding tert-OH is 1. The van der Waals surface area contributed by atoms with Crippen molar-refractivity contribution in [3.05, 3.63) is 17.7 Å². The van der Waals surface area contributed by atoms with E-state index in [9.17, 15) is 5.11 Å². The minimum Gasteiger partial charge on any atom is -0.391 e. The van der Waals surface area contributed by atoms with Crippen molar-refractivity contribution >= 4 is 0 Å². The molecule has 0 aromatic carbocycles. The van der Waals surface area contributed by atoms with E-state index in [2.05, 4.69) is 14.9 Å². The Hall–Kier alpha value is -0.910. The van der Waals surface area contributed by atoms with Crippen LogP contribution in [-0.2, 0) is 11.3 Å². The van der Waals surface area contributed by atoms with Crippen molar-refractivity contribution in [2.75, 3.05) is 19.7 Å². The lowest BCUT2D eigenvalue weighted by Crippen LogP contribution is -2.43. The van der Waals surface area contributed by atoms with Crippen molar-refractivity contribution in [3.8, 4) is 0 Å². The molecule has 1 aromatic heterocycles. The van der Waals surface area contributed by atoms with Crippen LogP contribution >= 0.6 is 0 Å². The van der Waals surface area contributed by atoms with Crippen molar-refractivity contribution in [2.24, 2.45) is 0 Å². The van der Waals surface area contributed by atoms with Crippen LogP contribution in [0.25, 0.3) is 0 Å². The highest BCUT2D eigenvalue weighted by Gasteiger charge is 2.42. The molecule has 3 rings (SSSR count). The van der Waals surface area contributed by atoms with Crippen LogP contribution < -0.4 is 0 Å². The normalized spacial score (nSPS) is 28.0. The molecule has 2 saturated heterocycles. The second-order valence-electron chi connectivity index (χ2n) is 5.62. The van der Waals surface area contributed by atoms with Gasteiger partial charge in [-0.25, -0.2) is 4.98 Å². The molecule has 0 amide bonds. The summed E-state index contributed by atoms with van der Waals surface area (Å²) < 4.78 is 5.80. The summed E-state index contributed by atoms with van der Waals surface area (Å²) in [6, 6.07) is 0. The van der Waals surface area contributed by atoms with Crippen LogP contribution in [-0.4, -0.2) is 51.4 Å². The minimum absolute atomic E-state index is 0.0418. The van der Waals surface area contributed by atoms with Crippen molar-refractivity contribution in [1.82, 2.24) is 14.9 Å². The SMILES string of the molecule is Cc1ncc(CN2CCC3(CC2)C[C@H](O)CO3)[nH]1. The molecule has 5 heteroatoms. The molecule has 1 aromatic rings. The zero-order valence-electron chi connectivity index (χ0n) is 10.9. The third-order valence-corrected chi connectivity index (χ3v) is 4.11. The fourth-order valence-electron chi connectivity index (χ4n) is 3.08. The fourth-order valence-corrected chi connectivity index (χ4v) is 3.08. The number of ether oxygens (including phenoxy) is 1. The van der Waals surface area contributed by atoms with Crippen LogP contribution in [0.3, 0.4) is 0 Å². The molecule has 2 aliphatic rings. The molecular formula is C13H21N3O2. The van der Waals surface area contributed by atoms with Gasteiger partial charge in [0.1, 0.15) is 5.82 Å². The third kappa shape index (κ3) is 2.43. The minimum atomic E-state index is -0.258. The van der Waals surface area contributed by atoms with E-state index >= 15 is 0 Å².